The van der Waals surface area contributed by atoms with Crippen molar-refractivity contribution in [2.75, 3.05) is 36.5 Å². The van der Waals surface area contributed by atoms with Crippen molar-refractivity contribution >= 4 is 29.1 Å². The minimum absolute atomic E-state index is 0.113. The first-order valence-electron chi connectivity index (χ1n) is 10.1. The van der Waals surface area contributed by atoms with E-state index in [1.165, 1.54) is 18.6 Å². The van der Waals surface area contributed by atoms with Crippen LogP contribution < -0.4 is 20.7 Å². The Morgan fingerprint density at radius 3 is 2.58 bits per heavy atom. The Morgan fingerprint density at radius 2 is 1.94 bits per heavy atom. The fraction of sp³-hybridized carbons (Fsp3) is 0.364. The molecule has 2 aliphatic rings. The third-order valence-corrected chi connectivity index (χ3v) is 5.24. The van der Waals surface area contributed by atoms with Crippen molar-refractivity contribution in [3.8, 4) is 5.75 Å². The Kier molecular flexibility index (Phi) is 5.60. The number of nitrogens with zero attached hydrogens (tertiary/aromatic N) is 3. The Hall–Kier alpha value is -3.46. The van der Waals surface area contributed by atoms with Crippen molar-refractivity contribution in [3.05, 3.63) is 47.7 Å². The quantitative estimate of drug-likeness (QED) is 0.552. The van der Waals surface area contributed by atoms with Gasteiger partial charge in [0.25, 0.3) is 5.91 Å². The maximum absolute atomic E-state index is 13.1. The highest BCUT2D eigenvalue weighted by Gasteiger charge is 2.32. The van der Waals surface area contributed by atoms with Gasteiger partial charge in [-0.05, 0) is 19.9 Å². The number of aromatic nitrogens is 2. The van der Waals surface area contributed by atoms with E-state index in [2.05, 4.69) is 20.2 Å². The van der Waals surface area contributed by atoms with E-state index in [1.54, 1.807) is 0 Å². The molecule has 9 heteroatoms. The van der Waals surface area contributed by atoms with Crippen LogP contribution in [0.4, 0.5) is 11.4 Å². The molecule has 1 aromatic carbocycles. The first kappa shape index (κ1) is 20.8. The summed E-state index contributed by atoms with van der Waals surface area (Å²) in [5.41, 5.74) is 8.40. The lowest BCUT2D eigenvalue weighted by Crippen LogP contribution is -2.36. The number of benzene rings is 1. The number of amides is 1. The van der Waals surface area contributed by atoms with Gasteiger partial charge in [0.15, 0.2) is 12.1 Å². The van der Waals surface area contributed by atoms with Gasteiger partial charge >= 0.3 is 0 Å². The number of ether oxygens (including phenoxy) is 2. The highest BCUT2D eigenvalue weighted by atomic mass is 16.5. The van der Waals surface area contributed by atoms with E-state index < -0.39 is 5.91 Å². The zero-order chi connectivity index (χ0) is 22.0. The van der Waals surface area contributed by atoms with Gasteiger partial charge in [0.2, 0.25) is 0 Å². The van der Waals surface area contributed by atoms with E-state index in [4.69, 9.17) is 15.2 Å². The van der Waals surface area contributed by atoms with Crippen molar-refractivity contribution in [1.82, 2.24) is 9.97 Å². The van der Waals surface area contributed by atoms with Crippen molar-refractivity contribution < 1.29 is 19.1 Å². The Labute approximate surface area is 180 Å². The number of morpholine rings is 1. The molecule has 3 heterocycles. The van der Waals surface area contributed by atoms with E-state index in [-0.39, 0.29) is 17.0 Å². The number of hydrogen-bond donors (Lipinski definition) is 2. The number of anilines is 2. The molecule has 0 saturated carbocycles. The van der Waals surface area contributed by atoms with Crippen molar-refractivity contribution in [3.63, 3.8) is 0 Å². The monoisotopic (exact) mass is 423 g/mol. The van der Waals surface area contributed by atoms with Crippen LogP contribution >= 0.6 is 0 Å². The third-order valence-electron chi connectivity index (χ3n) is 5.24. The van der Waals surface area contributed by atoms with Crippen LogP contribution in [0.25, 0.3) is 5.57 Å². The third kappa shape index (κ3) is 4.36. The Bertz CT molecular complexity index is 1030. The lowest BCUT2D eigenvalue weighted by atomic mass is 10.0. The van der Waals surface area contributed by atoms with Gasteiger partial charge in [-0.3, -0.25) is 9.59 Å². The van der Waals surface area contributed by atoms with Gasteiger partial charge in [-0.1, -0.05) is 0 Å². The number of carbonyl (C=O) groups is 2. The summed E-state index contributed by atoms with van der Waals surface area (Å²) in [5.74, 6) is 0.532. The lowest BCUT2D eigenvalue weighted by molar-refractivity contribution is -0.111. The fourth-order valence-corrected chi connectivity index (χ4v) is 3.78. The average molecular weight is 423 g/mol. The molecule has 4 rings (SSSR count). The van der Waals surface area contributed by atoms with Gasteiger partial charge in [-0.15, -0.1) is 0 Å². The molecule has 2 aromatic rings. The highest BCUT2D eigenvalue weighted by molar-refractivity contribution is 6.24. The fourth-order valence-electron chi connectivity index (χ4n) is 3.78. The zero-order valence-electron chi connectivity index (χ0n) is 17.6. The predicted molar refractivity (Wildman–Crippen MR) is 116 cm³/mol. The van der Waals surface area contributed by atoms with E-state index in [0.29, 0.717) is 43.8 Å². The molecule has 0 atom stereocenters. The average Bonchev–Trinajstić information content (AvgIpc) is 3.07. The zero-order valence-corrected chi connectivity index (χ0v) is 17.6. The van der Waals surface area contributed by atoms with Crippen LogP contribution in [0.3, 0.4) is 0 Å². The van der Waals surface area contributed by atoms with Gasteiger partial charge in [0.05, 0.1) is 35.7 Å². The molecule has 162 valence electrons. The van der Waals surface area contributed by atoms with Gasteiger partial charge in [0.1, 0.15) is 11.4 Å². The van der Waals surface area contributed by atoms with E-state index >= 15 is 0 Å². The van der Waals surface area contributed by atoms with Crippen molar-refractivity contribution in [1.29, 1.82) is 0 Å². The summed E-state index contributed by atoms with van der Waals surface area (Å²) in [6, 6.07) is 3.93. The minimum atomic E-state index is -0.436. The van der Waals surface area contributed by atoms with Crippen LogP contribution in [0, 0.1) is 0 Å². The second kappa shape index (κ2) is 8.35. The summed E-state index contributed by atoms with van der Waals surface area (Å²) in [4.78, 5) is 34.2. The van der Waals surface area contributed by atoms with Crippen molar-refractivity contribution in [2.45, 2.75) is 25.9 Å². The summed E-state index contributed by atoms with van der Waals surface area (Å²) < 4.78 is 11.6. The van der Waals surface area contributed by atoms with E-state index in [9.17, 15) is 9.59 Å². The molecule has 3 N–H and O–H groups in total. The second-order valence-corrected chi connectivity index (χ2v) is 8.11. The molecule has 9 nitrogen and oxygen atoms in total. The first-order valence-corrected chi connectivity index (χ1v) is 10.1. The van der Waals surface area contributed by atoms with Crippen molar-refractivity contribution in [2.24, 2.45) is 5.73 Å². The van der Waals surface area contributed by atoms with Crippen LogP contribution in [0.5, 0.6) is 5.75 Å². The number of nitrogens with one attached hydrogen (secondary N) is 1. The highest BCUT2D eigenvalue weighted by Crippen LogP contribution is 2.42. The molecule has 0 unspecified atom stereocenters. The van der Waals surface area contributed by atoms with Crippen LogP contribution in [0.1, 0.15) is 35.6 Å². The molecule has 0 bridgehead atoms. The number of carbonyl (C=O) groups excluding carboxylic acids is 2. The molecule has 1 fully saturated rings. The van der Waals surface area contributed by atoms with Gasteiger partial charge < -0.3 is 25.4 Å². The molecular formula is C22H25N5O4. The second-order valence-electron chi connectivity index (χ2n) is 8.11. The SMILES string of the molecule is CC1(C)Cc2cc(NC(=O)C(=CN)c3ncc(C=O)cn3)c(N3CCOCC3)cc2O1. The first-order chi connectivity index (χ1) is 14.9. The maximum atomic E-state index is 13.1. The van der Waals surface area contributed by atoms with Crippen LogP contribution in [0.2, 0.25) is 0 Å². The number of fused-ring (bicyclic) bond motifs is 1. The molecule has 0 spiro atoms. The molecule has 1 amide bonds. The van der Waals surface area contributed by atoms with Crippen LogP contribution in [-0.2, 0) is 16.0 Å². The number of hydrogen-bond acceptors (Lipinski definition) is 8. The number of rotatable bonds is 5. The summed E-state index contributed by atoms with van der Waals surface area (Å²) in [6.45, 7) is 6.72. The predicted octanol–water partition coefficient (Wildman–Crippen LogP) is 1.78. The number of aldehydes is 1. The molecule has 31 heavy (non-hydrogen) atoms. The summed E-state index contributed by atoms with van der Waals surface area (Å²) in [7, 11) is 0. The Morgan fingerprint density at radius 1 is 1.23 bits per heavy atom. The van der Waals surface area contributed by atoms with Gasteiger partial charge in [-0.2, -0.15) is 0 Å². The van der Waals surface area contributed by atoms with Gasteiger partial charge in [-0.25, -0.2) is 9.97 Å². The van der Waals surface area contributed by atoms with E-state index in [0.717, 1.165) is 23.4 Å². The molecular weight excluding hydrogens is 398 g/mol. The van der Waals surface area contributed by atoms with Gasteiger partial charge in [0, 0.05) is 49.7 Å². The van der Waals surface area contributed by atoms with E-state index in [1.807, 2.05) is 26.0 Å². The molecule has 2 aliphatic heterocycles. The standard InChI is InChI=1S/C22H25N5O4/c1-22(2)9-15-7-17(18(8-19(15)31-22)27-3-5-30-6-4-27)26-21(29)16(10-23)20-24-11-14(13-28)12-25-20/h7-8,10-13H,3-6,9,23H2,1-2H3,(H,26,29). The molecule has 1 aromatic heterocycles. The summed E-state index contributed by atoms with van der Waals surface area (Å²) >= 11 is 0. The van der Waals surface area contributed by atoms with Crippen LogP contribution in [0.15, 0.2) is 30.7 Å². The normalized spacial score (nSPS) is 17.6. The maximum Gasteiger partial charge on any atom is 0.261 e. The molecule has 0 radical (unpaired) electrons. The smallest absolute Gasteiger partial charge is 0.261 e. The largest absolute Gasteiger partial charge is 0.487 e. The minimum Gasteiger partial charge on any atom is -0.487 e. The summed E-state index contributed by atoms with van der Waals surface area (Å²) in [6.07, 6.45) is 5.24. The van der Waals surface area contributed by atoms with Crippen LogP contribution in [-0.4, -0.2) is 54.1 Å². The number of nitrogens with two attached hydrogens (primary N) is 1. The lowest BCUT2D eigenvalue weighted by Gasteiger charge is -2.31. The Balaban J connectivity index is 1.65. The summed E-state index contributed by atoms with van der Waals surface area (Å²) in [5, 5.41) is 2.97. The molecule has 0 aliphatic carbocycles. The molecule has 1 saturated heterocycles. The topological polar surface area (TPSA) is 120 Å².